The molecule has 2 aliphatic rings. The fourth-order valence-electron chi connectivity index (χ4n) is 3.15. The van der Waals surface area contributed by atoms with Gasteiger partial charge in [0.05, 0.1) is 18.6 Å². The van der Waals surface area contributed by atoms with E-state index in [0.717, 1.165) is 44.6 Å². The zero-order valence-electron chi connectivity index (χ0n) is 12.3. The number of aromatic nitrogens is 1. The highest BCUT2D eigenvalue weighted by atomic mass is 16.5. The van der Waals surface area contributed by atoms with Gasteiger partial charge in [0, 0.05) is 38.6 Å². The van der Waals surface area contributed by atoms with Crippen molar-refractivity contribution in [2.45, 2.75) is 37.8 Å². The molecule has 1 aromatic rings. The maximum atomic E-state index is 12.6. The number of carbonyl (C=O) groups excluding carboxylic acids is 1. The molecule has 3 rings (SSSR count). The third-order valence-electron chi connectivity index (χ3n) is 4.31. The molecule has 114 valence electrons. The zero-order chi connectivity index (χ0) is 14.5. The number of carbonyl (C=O) groups is 1. The summed E-state index contributed by atoms with van der Waals surface area (Å²) >= 11 is 0. The Labute approximate surface area is 125 Å². The molecule has 1 amide bonds. The van der Waals surface area contributed by atoms with Crippen LogP contribution in [0.25, 0.3) is 0 Å². The van der Waals surface area contributed by atoms with Gasteiger partial charge in [-0.3, -0.25) is 9.78 Å². The normalized spacial score (nSPS) is 26.6. The molecule has 0 aliphatic carbocycles. The molecule has 0 saturated carbocycles. The van der Waals surface area contributed by atoms with Gasteiger partial charge in [-0.05, 0) is 30.9 Å². The van der Waals surface area contributed by atoms with Crippen LogP contribution in [-0.4, -0.2) is 48.1 Å². The summed E-state index contributed by atoms with van der Waals surface area (Å²) in [6.07, 6.45) is 7.54. The topological polar surface area (TPSA) is 54.5 Å². The Morgan fingerprint density at radius 3 is 3.19 bits per heavy atom. The van der Waals surface area contributed by atoms with Crippen molar-refractivity contribution < 1.29 is 9.53 Å². The lowest BCUT2D eigenvalue weighted by molar-refractivity contribution is -0.138. The first-order valence-corrected chi connectivity index (χ1v) is 7.86. The Morgan fingerprint density at radius 2 is 2.43 bits per heavy atom. The largest absolute Gasteiger partial charge is 0.378 e. The summed E-state index contributed by atoms with van der Waals surface area (Å²) in [5, 5.41) is 3.37. The predicted molar refractivity (Wildman–Crippen MR) is 79.8 cm³/mol. The van der Waals surface area contributed by atoms with E-state index in [0.29, 0.717) is 6.42 Å². The molecule has 5 heteroatoms. The van der Waals surface area contributed by atoms with Crippen molar-refractivity contribution in [3.63, 3.8) is 0 Å². The number of nitrogens with one attached hydrogen (secondary N) is 1. The van der Waals surface area contributed by atoms with Crippen molar-refractivity contribution >= 4 is 5.91 Å². The predicted octanol–water partition coefficient (Wildman–Crippen LogP) is 1.51. The van der Waals surface area contributed by atoms with Gasteiger partial charge in [0.1, 0.15) is 0 Å². The van der Waals surface area contributed by atoms with Crippen LogP contribution in [-0.2, 0) is 9.53 Å². The Bertz CT molecular complexity index is 460. The van der Waals surface area contributed by atoms with Gasteiger partial charge in [0.15, 0.2) is 0 Å². The van der Waals surface area contributed by atoms with Crippen LogP contribution in [0.2, 0.25) is 0 Å². The van der Waals surface area contributed by atoms with E-state index in [9.17, 15) is 4.79 Å². The lowest BCUT2D eigenvalue weighted by atomic mass is 10.0. The summed E-state index contributed by atoms with van der Waals surface area (Å²) in [6, 6.07) is 4.06. The van der Waals surface area contributed by atoms with Gasteiger partial charge < -0.3 is 15.0 Å². The number of pyridine rings is 1. The van der Waals surface area contributed by atoms with E-state index >= 15 is 0 Å². The third kappa shape index (κ3) is 3.60. The molecular formula is C16H23N3O2. The lowest BCUT2D eigenvalue weighted by Crippen LogP contribution is -2.49. The van der Waals surface area contributed by atoms with Crippen LogP contribution < -0.4 is 5.32 Å². The molecular weight excluding hydrogens is 266 g/mol. The van der Waals surface area contributed by atoms with E-state index < -0.39 is 0 Å². The van der Waals surface area contributed by atoms with Gasteiger partial charge in [-0.1, -0.05) is 6.07 Å². The highest BCUT2D eigenvalue weighted by molar-refractivity contribution is 5.77. The Morgan fingerprint density at radius 1 is 1.48 bits per heavy atom. The molecule has 21 heavy (non-hydrogen) atoms. The molecule has 2 unspecified atom stereocenters. The Balaban J connectivity index is 1.67. The molecule has 0 aromatic carbocycles. The van der Waals surface area contributed by atoms with E-state index in [1.54, 1.807) is 6.20 Å². The first kappa shape index (κ1) is 14.5. The van der Waals surface area contributed by atoms with Crippen LogP contribution in [0.5, 0.6) is 0 Å². The van der Waals surface area contributed by atoms with E-state index in [1.807, 2.05) is 23.2 Å². The number of hydrogen-bond acceptors (Lipinski definition) is 4. The van der Waals surface area contributed by atoms with Crippen LogP contribution in [0.3, 0.4) is 0 Å². The fourth-order valence-corrected chi connectivity index (χ4v) is 3.15. The maximum absolute atomic E-state index is 12.6. The van der Waals surface area contributed by atoms with E-state index in [-0.39, 0.29) is 18.1 Å². The van der Waals surface area contributed by atoms with Gasteiger partial charge in [0.2, 0.25) is 5.91 Å². The molecule has 2 fully saturated rings. The maximum Gasteiger partial charge on any atom is 0.225 e. The second-order valence-corrected chi connectivity index (χ2v) is 5.79. The molecule has 3 heterocycles. The first-order chi connectivity index (χ1) is 10.3. The number of amides is 1. The summed E-state index contributed by atoms with van der Waals surface area (Å²) in [6.45, 7) is 3.20. The smallest absolute Gasteiger partial charge is 0.225 e. The molecule has 1 aromatic heterocycles. The Kier molecular flexibility index (Phi) is 4.83. The SMILES string of the molecule is O=C(CC1CCCCO1)N1CCNCC1c1cccnc1. The van der Waals surface area contributed by atoms with Gasteiger partial charge >= 0.3 is 0 Å². The van der Waals surface area contributed by atoms with Gasteiger partial charge in [0.25, 0.3) is 0 Å². The second-order valence-electron chi connectivity index (χ2n) is 5.79. The van der Waals surface area contributed by atoms with Crippen molar-refractivity contribution in [3.8, 4) is 0 Å². The Hall–Kier alpha value is -1.46. The quantitative estimate of drug-likeness (QED) is 0.916. The van der Waals surface area contributed by atoms with Crippen LogP contribution in [0.15, 0.2) is 24.5 Å². The first-order valence-electron chi connectivity index (χ1n) is 7.86. The molecule has 1 N–H and O–H groups in total. The fraction of sp³-hybridized carbons (Fsp3) is 0.625. The molecule has 2 aliphatic heterocycles. The zero-order valence-corrected chi connectivity index (χ0v) is 12.3. The van der Waals surface area contributed by atoms with Crippen LogP contribution in [0.4, 0.5) is 0 Å². The summed E-state index contributed by atoms with van der Waals surface area (Å²) < 4.78 is 5.70. The standard InChI is InChI=1S/C16H23N3O2/c20-16(10-14-5-1-2-9-21-14)19-8-7-18-12-15(19)13-4-3-6-17-11-13/h3-4,6,11,14-15,18H,1-2,5,7-10,12H2. The summed E-state index contributed by atoms with van der Waals surface area (Å²) in [4.78, 5) is 18.8. The minimum absolute atomic E-state index is 0.0866. The van der Waals surface area contributed by atoms with Gasteiger partial charge in [-0.25, -0.2) is 0 Å². The monoisotopic (exact) mass is 289 g/mol. The highest BCUT2D eigenvalue weighted by Crippen LogP contribution is 2.24. The average Bonchev–Trinajstić information content (AvgIpc) is 2.56. The minimum Gasteiger partial charge on any atom is -0.378 e. The minimum atomic E-state index is 0.0866. The summed E-state index contributed by atoms with van der Waals surface area (Å²) in [5.41, 5.74) is 1.10. The van der Waals surface area contributed by atoms with E-state index in [2.05, 4.69) is 10.3 Å². The van der Waals surface area contributed by atoms with Gasteiger partial charge in [-0.15, -0.1) is 0 Å². The number of piperazine rings is 1. The van der Waals surface area contributed by atoms with Crippen LogP contribution in [0.1, 0.15) is 37.3 Å². The second kappa shape index (κ2) is 7.00. The van der Waals surface area contributed by atoms with Crippen LogP contribution in [0, 0.1) is 0 Å². The van der Waals surface area contributed by atoms with Crippen molar-refractivity contribution in [1.29, 1.82) is 0 Å². The summed E-state index contributed by atoms with van der Waals surface area (Å²) in [7, 11) is 0. The molecule has 0 spiro atoms. The summed E-state index contributed by atoms with van der Waals surface area (Å²) in [5.74, 6) is 0.206. The lowest BCUT2D eigenvalue weighted by Gasteiger charge is -2.37. The van der Waals surface area contributed by atoms with Crippen molar-refractivity contribution in [1.82, 2.24) is 15.2 Å². The van der Waals surface area contributed by atoms with Gasteiger partial charge in [-0.2, -0.15) is 0 Å². The molecule has 2 atom stereocenters. The van der Waals surface area contributed by atoms with E-state index in [1.165, 1.54) is 6.42 Å². The average molecular weight is 289 g/mol. The van der Waals surface area contributed by atoms with Crippen LogP contribution >= 0.6 is 0 Å². The number of rotatable bonds is 3. The van der Waals surface area contributed by atoms with Crippen molar-refractivity contribution in [2.75, 3.05) is 26.2 Å². The third-order valence-corrected chi connectivity index (χ3v) is 4.31. The number of ether oxygens (including phenoxy) is 1. The number of nitrogens with zero attached hydrogens (tertiary/aromatic N) is 2. The van der Waals surface area contributed by atoms with E-state index in [4.69, 9.17) is 4.74 Å². The molecule has 5 nitrogen and oxygen atoms in total. The number of hydrogen-bond donors (Lipinski definition) is 1. The molecule has 0 radical (unpaired) electrons. The molecule has 0 bridgehead atoms. The van der Waals surface area contributed by atoms with Crippen molar-refractivity contribution in [3.05, 3.63) is 30.1 Å². The highest BCUT2D eigenvalue weighted by Gasteiger charge is 2.29. The van der Waals surface area contributed by atoms with Crippen molar-refractivity contribution in [2.24, 2.45) is 0 Å². The molecule has 2 saturated heterocycles.